The van der Waals surface area contributed by atoms with Crippen LogP contribution in [0.25, 0.3) is 0 Å². The van der Waals surface area contributed by atoms with Crippen molar-refractivity contribution >= 4 is 5.84 Å². The van der Waals surface area contributed by atoms with Gasteiger partial charge in [0.15, 0.2) is 0 Å². The Hall–Kier alpha value is -0.650. The second kappa shape index (κ2) is 6.83. The van der Waals surface area contributed by atoms with Crippen molar-refractivity contribution in [2.75, 3.05) is 26.3 Å². The molecule has 1 aliphatic rings. The number of nitrogens with zero attached hydrogens (tertiary/aromatic N) is 1. The van der Waals surface area contributed by atoms with Gasteiger partial charge in [-0.05, 0) is 19.3 Å². The Morgan fingerprint density at radius 3 is 2.62 bits per heavy atom. The molecule has 0 aliphatic carbocycles. The summed E-state index contributed by atoms with van der Waals surface area (Å²) in [6.45, 7) is 4.42. The summed E-state index contributed by atoms with van der Waals surface area (Å²) in [6, 6.07) is 0.0822. The van der Waals surface area contributed by atoms with Gasteiger partial charge >= 0.3 is 0 Å². The van der Waals surface area contributed by atoms with Crippen LogP contribution in [0.15, 0.2) is 0 Å². The lowest BCUT2D eigenvalue weighted by Crippen LogP contribution is -2.48. The van der Waals surface area contributed by atoms with E-state index in [1.54, 1.807) is 0 Å². The third-order valence-electron chi connectivity index (χ3n) is 3.11. The van der Waals surface area contributed by atoms with Crippen molar-refractivity contribution in [3.63, 3.8) is 0 Å². The van der Waals surface area contributed by atoms with Crippen molar-refractivity contribution in [3.05, 3.63) is 0 Å². The Morgan fingerprint density at radius 1 is 1.56 bits per heavy atom. The number of ether oxygens (including phenoxy) is 1. The quantitative estimate of drug-likeness (QED) is 0.448. The molecule has 1 aliphatic heterocycles. The van der Waals surface area contributed by atoms with Crippen LogP contribution in [-0.4, -0.2) is 54.3 Å². The summed E-state index contributed by atoms with van der Waals surface area (Å²) in [5.41, 5.74) is 5.57. The summed E-state index contributed by atoms with van der Waals surface area (Å²) in [5, 5.41) is 16.2. The number of hydrogen-bond donors (Lipinski definition) is 3. The average Bonchev–Trinajstić information content (AvgIpc) is 2.28. The number of nitrogens with one attached hydrogen (secondary N) is 1. The highest BCUT2D eigenvalue weighted by Gasteiger charge is 2.25. The molecule has 1 unspecified atom stereocenters. The zero-order valence-corrected chi connectivity index (χ0v) is 9.98. The first-order valence-corrected chi connectivity index (χ1v) is 5.99. The molecule has 1 saturated heterocycles. The Bertz CT molecular complexity index is 215. The normalized spacial score (nSPS) is 20.9. The molecule has 0 radical (unpaired) electrons. The third-order valence-corrected chi connectivity index (χ3v) is 3.11. The van der Waals surface area contributed by atoms with Gasteiger partial charge in [0.05, 0.1) is 25.4 Å². The van der Waals surface area contributed by atoms with Gasteiger partial charge in [0.1, 0.15) is 5.84 Å². The average molecular weight is 229 g/mol. The molecule has 0 spiro atoms. The molecule has 0 bridgehead atoms. The van der Waals surface area contributed by atoms with Crippen molar-refractivity contribution in [2.24, 2.45) is 5.73 Å². The predicted molar refractivity (Wildman–Crippen MR) is 63.6 cm³/mol. The van der Waals surface area contributed by atoms with E-state index in [0.29, 0.717) is 6.61 Å². The van der Waals surface area contributed by atoms with E-state index in [-0.39, 0.29) is 24.6 Å². The molecule has 0 amide bonds. The van der Waals surface area contributed by atoms with Crippen LogP contribution in [0.2, 0.25) is 0 Å². The Morgan fingerprint density at radius 2 is 2.19 bits per heavy atom. The predicted octanol–water partition coefficient (Wildman–Crippen LogP) is 0.174. The van der Waals surface area contributed by atoms with Gasteiger partial charge in [-0.15, -0.1) is 0 Å². The minimum Gasteiger partial charge on any atom is -0.394 e. The van der Waals surface area contributed by atoms with E-state index < -0.39 is 0 Å². The summed E-state index contributed by atoms with van der Waals surface area (Å²) >= 11 is 0. The molecule has 16 heavy (non-hydrogen) atoms. The molecular weight excluding hydrogens is 206 g/mol. The smallest absolute Gasteiger partial charge is 0.108 e. The standard InChI is InChI=1S/C11H23N3O2/c1-2-10(11(12)13)14-5-3-9(4-6-14)16-8-7-15/h9-10,15H,2-8H2,1H3,(H3,12,13). The largest absolute Gasteiger partial charge is 0.394 e. The molecule has 0 saturated carbocycles. The van der Waals surface area contributed by atoms with Crippen molar-refractivity contribution < 1.29 is 9.84 Å². The first kappa shape index (κ1) is 13.4. The van der Waals surface area contributed by atoms with Gasteiger partial charge in [0.25, 0.3) is 0 Å². The van der Waals surface area contributed by atoms with Crippen molar-refractivity contribution in [2.45, 2.75) is 38.3 Å². The molecule has 0 aromatic carbocycles. The second-order valence-electron chi connectivity index (χ2n) is 4.21. The minimum atomic E-state index is 0.0822. The fourth-order valence-corrected chi connectivity index (χ4v) is 2.25. The lowest BCUT2D eigenvalue weighted by Gasteiger charge is -2.36. The molecule has 5 heteroatoms. The maximum Gasteiger partial charge on any atom is 0.108 e. The summed E-state index contributed by atoms with van der Waals surface area (Å²) in [6.07, 6.45) is 3.07. The molecule has 5 nitrogen and oxygen atoms in total. The Kier molecular flexibility index (Phi) is 5.73. The van der Waals surface area contributed by atoms with Crippen molar-refractivity contribution in [3.8, 4) is 0 Å². The number of hydrogen-bond acceptors (Lipinski definition) is 4. The van der Waals surface area contributed by atoms with Crippen LogP contribution < -0.4 is 5.73 Å². The summed E-state index contributed by atoms with van der Waals surface area (Å²) < 4.78 is 5.49. The van der Waals surface area contributed by atoms with E-state index in [2.05, 4.69) is 11.8 Å². The highest BCUT2D eigenvalue weighted by molar-refractivity contribution is 5.82. The fourth-order valence-electron chi connectivity index (χ4n) is 2.25. The van der Waals surface area contributed by atoms with E-state index in [0.717, 1.165) is 32.4 Å². The van der Waals surface area contributed by atoms with Gasteiger partial charge in [-0.3, -0.25) is 10.3 Å². The Labute approximate surface area is 97.1 Å². The van der Waals surface area contributed by atoms with E-state index in [9.17, 15) is 0 Å². The summed E-state index contributed by atoms with van der Waals surface area (Å²) in [7, 11) is 0. The molecular formula is C11H23N3O2. The molecule has 1 heterocycles. The van der Waals surface area contributed by atoms with E-state index in [1.165, 1.54) is 0 Å². The first-order valence-electron chi connectivity index (χ1n) is 5.99. The number of nitrogens with two attached hydrogens (primary N) is 1. The van der Waals surface area contributed by atoms with Crippen LogP contribution in [0.1, 0.15) is 26.2 Å². The van der Waals surface area contributed by atoms with Crippen LogP contribution in [0.4, 0.5) is 0 Å². The summed E-state index contributed by atoms with van der Waals surface area (Å²) in [5.74, 6) is 0.261. The fraction of sp³-hybridized carbons (Fsp3) is 0.909. The maximum atomic E-state index is 8.67. The number of rotatable bonds is 6. The van der Waals surface area contributed by atoms with Crippen molar-refractivity contribution in [1.82, 2.24) is 4.90 Å². The highest BCUT2D eigenvalue weighted by atomic mass is 16.5. The van der Waals surface area contributed by atoms with Crippen LogP contribution in [0.5, 0.6) is 0 Å². The maximum absolute atomic E-state index is 8.67. The van der Waals surface area contributed by atoms with Crippen LogP contribution in [0.3, 0.4) is 0 Å². The number of amidine groups is 1. The van der Waals surface area contributed by atoms with Crippen LogP contribution in [-0.2, 0) is 4.74 Å². The van der Waals surface area contributed by atoms with Crippen LogP contribution >= 0.6 is 0 Å². The number of piperidine rings is 1. The van der Waals surface area contributed by atoms with Gasteiger partial charge < -0.3 is 15.6 Å². The highest BCUT2D eigenvalue weighted by Crippen LogP contribution is 2.17. The third kappa shape index (κ3) is 3.73. The molecule has 0 aromatic rings. The molecule has 1 rings (SSSR count). The zero-order chi connectivity index (χ0) is 12.0. The lowest BCUT2D eigenvalue weighted by molar-refractivity contribution is -0.0110. The minimum absolute atomic E-state index is 0.0822. The topological polar surface area (TPSA) is 82.6 Å². The van der Waals surface area contributed by atoms with E-state index in [1.807, 2.05) is 0 Å². The van der Waals surface area contributed by atoms with Crippen LogP contribution in [0, 0.1) is 5.41 Å². The molecule has 4 N–H and O–H groups in total. The number of aliphatic hydroxyl groups is 1. The first-order chi connectivity index (χ1) is 7.69. The van der Waals surface area contributed by atoms with Gasteiger partial charge in [-0.1, -0.05) is 6.92 Å². The SMILES string of the molecule is CCC(C(=N)N)N1CCC(OCCO)CC1. The second-order valence-corrected chi connectivity index (χ2v) is 4.21. The lowest BCUT2D eigenvalue weighted by atomic mass is 10.0. The van der Waals surface area contributed by atoms with Gasteiger partial charge in [-0.2, -0.15) is 0 Å². The van der Waals surface area contributed by atoms with Crippen molar-refractivity contribution in [1.29, 1.82) is 5.41 Å². The molecule has 1 fully saturated rings. The van der Waals surface area contributed by atoms with Gasteiger partial charge in [0.2, 0.25) is 0 Å². The molecule has 94 valence electrons. The zero-order valence-electron chi connectivity index (χ0n) is 9.98. The molecule has 0 aromatic heterocycles. The Balaban J connectivity index is 2.33. The molecule has 1 atom stereocenters. The summed E-state index contributed by atoms with van der Waals surface area (Å²) in [4.78, 5) is 2.25. The monoisotopic (exact) mass is 229 g/mol. The number of aliphatic hydroxyl groups excluding tert-OH is 1. The van der Waals surface area contributed by atoms with E-state index >= 15 is 0 Å². The van der Waals surface area contributed by atoms with Gasteiger partial charge in [0, 0.05) is 13.1 Å². The number of likely N-dealkylation sites (tertiary alicyclic amines) is 1. The van der Waals surface area contributed by atoms with Gasteiger partial charge in [-0.25, -0.2) is 0 Å². The van der Waals surface area contributed by atoms with E-state index in [4.69, 9.17) is 21.0 Å².